The fraction of sp³-hybridized carbons (Fsp3) is 0.316. The van der Waals surface area contributed by atoms with Crippen LogP contribution in [0.5, 0.6) is 5.75 Å². The van der Waals surface area contributed by atoms with Crippen LogP contribution in [-0.2, 0) is 11.2 Å². The number of nitrogens with zero attached hydrogens (tertiary/aromatic N) is 1. The molecule has 0 saturated heterocycles. The van der Waals surface area contributed by atoms with Gasteiger partial charge in [0.05, 0.1) is 12.3 Å². The van der Waals surface area contributed by atoms with Crippen molar-refractivity contribution in [3.8, 4) is 5.75 Å². The molecule has 0 aliphatic heterocycles. The number of hydrogen-bond donors (Lipinski definition) is 3. The first-order chi connectivity index (χ1) is 11.5. The summed E-state index contributed by atoms with van der Waals surface area (Å²) in [5.41, 5.74) is 2.43. The quantitative estimate of drug-likeness (QED) is 0.683. The topological polar surface area (TPSA) is 72.8 Å². The molecule has 5 nitrogen and oxygen atoms in total. The lowest BCUT2D eigenvalue weighted by molar-refractivity contribution is -0.114. The highest BCUT2D eigenvalue weighted by atomic mass is 16.3. The number of carbonyl (C=O) groups is 1. The van der Waals surface area contributed by atoms with E-state index in [-0.39, 0.29) is 24.3 Å². The van der Waals surface area contributed by atoms with E-state index in [0.717, 1.165) is 12.1 Å². The lowest BCUT2D eigenvalue weighted by atomic mass is 10.0. The third kappa shape index (κ3) is 4.73. The van der Waals surface area contributed by atoms with E-state index >= 15 is 0 Å². The van der Waals surface area contributed by atoms with Gasteiger partial charge in [-0.25, -0.2) is 0 Å². The summed E-state index contributed by atoms with van der Waals surface area (Å²) in [7, 11) is 0. The van der Waals surface area contributed by atoms with Crippen LogP contribution in [0.15, 0.2) is 48.5 Å². The first kappa shape index (κ1) is 17.8. The van der Waals surface area contributed by atoms with Crippen LogP contribution in [0.4, 0.5) is 11.4 Å². The Morgan fingerprint density at radius 1 is 1.21 bits per heavy atom. The molecule has 1 amide bonds. The molecule has 0 heterocycles. The molecule has 2 aromatic rings. The summed E-state index contributed by atoms with van der Waals surface area (Å²) in [5.74, 6) is -0.220. The lowest BCUT2D eigenvalue weighted by Crippen LogP contribution is -2.37. The smallest absolute Gasteiger partial charge is 0.221 e. The zero-order chi connectivity index (χ0) is 17.5. The Morgan fingerprint density at radius 3 is 2.54 bits per heavy atom. The fourth-order valence-corrected chi connectivity index (χ4v) is 2.77. The number of carbonyl (C=O) groups excluding carboxylic acids is 1. The Morgan fingerprint density at radius 2 is 1.92 bits per heavy atom. The minimum Gasteiger partial charge on any atom is -0.506 e. The summed E-state index contributed by atoms with van der Waals surface area (Å²) in [6.07, 6.45) is 0.831. The van der Waals surface area contributed by atoms with Gasteiger partial charge in [-0.2, -0.15) is 0 Å². The lowest BCUT2D eigenvalue weighted by Gasteiger charge is -2.31. The summed E-state index contributed by atoms with van der Waals surface area (Å²) in [4.78, 5) is 13.3. The van der Waals surface area contributed by atoms with Crippen LogP contribution in [0.1, 0.15) is 19.4 Å². The molecule has 2 aromatic carbocycles. The fourth-order valence-electron chi connectivity index (χ4n) is 2.77. The Labute approximate surface area is 142 Å². The highest BCUT2D eigenvalue weighted by molar-refractivity contribution is 5.91. The minimum atomic E-state index is -0.242. The maximum atomic E-state index is 11.3. The zero-order valence-corrected chi connectivity index (χ0v) is 14.1. The third-order valence-electron chi connectivity index (χ3n) is 3.87. The van der Waals surface area contributed by atoms with Crippen molar-refractivity contribution in [3.05, 3.63) is 54.1 Å². The van der Waals surface area contributed by atoms with E-state index in [9.17, 15) is 15.0 Å². The molecule has 0 aliphatic carbocycles. The van der Waals surface area contributed by atoms with E-state index in [1.807, 2.05) is 18.2 Å². The van der Waals surface area contributed by atoms with Crippen LogP contribution >= 0.6 is 0 Å². The van der Waals surface area contributed by atoms with Crippen molar-refractivity contribution in [1.82, 2.24) is 0 Å². The highest BCUT2D eigenvalue weighted by Crippen LogP contribution is 2.30. The highest BCUT2D eigenvalue weighted by Gasteiger charge is 2.16. The molecule has 1 atom stereocenters. The molecule has 0 aliphatic rings. The van der Waals surface area contributed by atoms with Crippen LogP contribution in [0.25, 0.3) is 0 Å². The van der Waals surface area contributed by atoms with Gasteiger partial charge < -0.3 is 20.4 Å². The molecule has 5 heteroatoms. The molecule has 0 bridgehead atoms. The average Bonchev–Trinajstić information content (AvgIpc) is 2.55. The Bertz CT molecular complexity index is 674. The number of rotatable bonds is 7. The number of amides is 1. The van der Waals surface area contributed by atoms with Crippen LogP contribution in [0.3, 0.4) is 0 Å². The second-order valence-corrected chi connectivity index (χ2v) is 5.84. The summed E-state index contributed by atoms with van der Waals surface area (Å²) in [6.45, 7) is 3.98. The predicted molar refractivity (Wildman–Crippen MR) is 96.5 cm³/mol. The van der Waals surface area contributed by atoms with Crippen molar-refractivity contribution >= 4 is 17.3 Å². The number of aromatic hydroxyl groups is 1. The van der Waals surface area contributed by atoms with Gasteiger partial charge in [0.25, 0.3) is 0 Å². The summed E-state index contributed by atoms with van der Waals surface area (Å²) in [6, 6.07) is 15.4. The molecular weight excluding hydrogens is 304 g/mol. The summed E-state index contributed by atoms with van der Waals surface area (Å²) < 4.78 is 0. The first-order valence-corrected chi connectivity index (χ1v) is 8.03. The van der Waals surface area contributed by atoms with Crippen LogP contribution in [0, 0.1) is 0 Å². The number of benzene rings is 2. The number of aliphatic hydroxyl groups is 1. The number of anilines is 2. The largest absolute Gasteiger partial charge is 0.506 e. The zero-order valence-electron chi connectivity index (χ0n) is 14.1. The van der Waals surface area contributed by atoms with E-state index in [0.29, 0.717) is 12.2 Å². The molecule has 0 aromatic heterocycles. The molecule has 24 heavy (non-hydrogen) atoms. The van der Waals surface area contributed by atoms with Crippen LogP contribution in [0.2, 0.25) is 0 Å². The van der Waals surface area contributed by atoms with Gasteiger partial charge in [-0.3, -0.25) is 4.79 Å². The molecule has 0 saturated carbocycles. The number of phenols is 1. The monoisotopic (exact) mass is 328 g/mol. The molecule has 2 rings (SSSR count). The third-order valence-corrected chi connectivity index (χ3v) is 3.87. The second-order valence-electron chi connectivity index (χ2n) is 5.84. The van der Waals surface area contributed by atoms with Gasteiger partial charge in [-0.05, 0) is 37.1 Å². The molecule has 0 radical (unpaired) electrons. The minimum absolute atomic E-state index is 0.0219. The van der Waals surface area contributed by atoms with Crippen molar-refractivity contribution in [2.75, 3.05) is 23.4 Å². The number of aliphatic hydroxyl groups excluding tert-OH is 1. The average molecular weight is 328 g/mol. The Balaban J connectivity index is 2.24. The molecule has 128 valence electrons. The van der Waals surface area contributed by atoms with Crippen LogP contribution < -0.4 is 10.2 Å². The van der Waals surface area contributed by atoms with E-state index in [4.69, 9.17) is 0 Å². The first-order valence-electron chi connectivity index (χ1n) is 8.03. The van der Waals surface area contributed by atoms with Gasteiger partial charge in [-0.1, -0.05) is 30.3 Å². The normalized spacial score (nSPS) is 11.8. The summed E-state index contributed by atoms with van der Waals surface area (Å²) >= 11 is 0. The maximum Gasteiger partial charge on any atom is 0.221 e. The maximum absolute atomic E-state index is 11.3. The van der Waals surface area contributed by atoms with Crippen LogP contribution in [-0.4, -0.2) is 35.3 Å². The summed E-state index contributed by atoms with van der Waals surface area (Å²) in [5, 5.41) is 21.9. The van der Waals surface area contributed by atoms with Crippen molar-refractivity contribution in [2.24, 2.45) is 0 Å². The molecular formula is C19H24N2O3. The number of phenolic OH excluding ortho intramolecular Hbond substituents is 1. The van der Waals surface area contributed by atoms with Gasteiger partial charge in [-0.15, -0.1) is 0 Å². The van der Waals surface area contributed by atoms with Crippen molar-refractivity contribution in [3.63, 3.8) is 0 Å². The predicted octanol–water partition coefficient (Wildman–Crippen LogP) is 2.78. The number of nitrogens with one attached hydrogen (secondary N) is 1. The van der Waals surface area contributed by atoms with Gasteiger partial charge in [0, 0.05) is 25.2 Å². The molecule has 0 spiro atoms. The Kier molecular flexibility index (Phi) is 6.21. The molecule has 3 N–H and O–H groups in total. The van der Waals surface area contributed by atoms with Crippen molar-refractivity contribution in [1.29, 1.82) is 0 Å². The Hall–Kier alpha value is -2.53. The number of hydrogen-bond acceptors (Lipinski definition) is 4. The van der Waals surface area contributed by atoms with Gasteiger partial charge in [0.15, 0.2) is 0 Å². The van der Waals surface area contributed by atoms with E-state index in [1.165, 1.54) is 12.5 Å². The SMILES string of the molecule is CC(=O)Nc1cc(N(CCO)C(C)Cc2ccccc2)ccc1O. The van der Waals surface area contributed by atoms with E-state index in [1.54, 1.807) is 18.2 Å². The standard InChI is InChI=1S/C19H24N2O3/c1-14(12-16-6-4-3-5-7-16)21(10-11-22)17-8-9-19(24)18(13-17)20-15(2)23/h3-9,13-14,22,24H,10-12H2,1-2H3,(H,20,23). The molecule has 1 unspecified atom stereocenters. The van der Waals surface area contributed by atoms with Crippen molar-refractivity contribution < 1.29 is 15.0 Å². The second kappa shape index (κ2) is 8.36. The van der Waals surface area contributed by atoms with E-state index in [2.05, 4.69) is 29.3 Å². The van der Waals surface area contributed by atoms with Gasteiger partial charge in [0.2, 0.25) is 5.91 Å². The van der Waals surface area contributed by atoms with Gasteiger partial charge >= 0.3 is 0 Å². The van der Waals surface area contributed by atoms with E-state index < -0.39 is 0 Å². The van der Waals surface area contributed by atoms with Gasteiger partial charge in [0.1, 0.15) is 5.75 Å². The van der Waals surface area contributed by atoms with Crippen molar-refractivity contribution in [2.45, 2.75) is 26.3 Å². The molecule has 0 fully saturated rings.